The number of rotatable bonds is 1. The number of likely N-dealkylation sites (N-methyl/N-ethyl adjacent to an activating group) is 1. The summed E-state index contributed by atoms with van der Waals surface area (Å²) in [5.74, 6) is 0.864. The molecule has 2 bridgehead atoms. The smallest absolute Gasteiger partial charge is 0.226 e. The maximum Gasteiger partial charge on any atom is 0.226 e. The number of piperazine rings is 1. The van der Waals surface area contributed by atoms with Crippen LogP contribution in [0.25, 0.3) is 0 Å². The van der Waals surface area contributed by atoms with Gasteiger partial charge in [0.25, 0.3) is 0 Å². The van der Waals surface area contributed by atoms with Crippen LogP contribution in [-0.2, 0) is 4.79 Å². The van der Waals surface area contributed by atoms with Crippen molar-refractivity contribution < 1.29 is 4.79 Å². The number of carbonyl (C=O) groups excluding carboxylic acids is 1. The zero-order chi connectivity index (χ0) is 9.00. The third-order valence-electron chi connectivity index (χ3n) is 3.56. The number of fused-ring (bicyclic) bond motifs is 2. The zero-order valence-corrected chi connectivity index (χ0v) is 8.07. The molecule has 3 heterocycles. The zero-order valence-electron chi connectivity index (χ0n) is 8.07. The standard InChI is InChI=1S/C10H16N2O/c1-11-5-8-4-9(6-11)12(8)10(13)7-2-3-7/h7-9H,2-6H2,1H3. The maximum absolute atomic E-state index is 11.8. The van der Waals surface area contributed by atoms with E-state index in [9.17, 15) is 4.79 Å². The summed E-state index contributed by atoms with van der Waals surface area (Å²) in [5, 5.41) is 0. The van der Waals surface area contributed by atoms with Crippen LogP contribution >= 0.6 is 0 Å². The molecular weight excluding hydrogens is 164 g/mol. The molecule has 4 aliphatic rings. The minimum Gasteiger partial charge on any atom is -0.334 e. The molecular formula is C10H16N2O. The van der Waals surface area contributed by atoms with Gasteiger partial charge in [0.05, 0.1) is 0 Å². The normalized spacial score (nSPS) is 38.7. The van der Waals surface area contributed by atoms with Crippen LogP contribution in [0.3, 0.4) is 0 Å². The average Bonchev–Trinajstić information content (AvgIpc) is 2.84. The highest BCUT2D eigenvalue weighted by Crippen LogP contribution is 2.38. The molecule has 0 aromatic rings. The highest BCUT2D eigenvalue weighted by molar-refractivity contribution is 5.82. The van der Waals surface area contributed by atoms with Gasteiger partial charge in [0.1, 0.15) is 0 Å². The number of amides is 1. The molecule has 0 aromatic carbocycles. The molecule has 1 saturated carbocycles. The largest absolute Gasteiger partial charge is 0.334 e. The van der Waals surface area contributed by atoms with E-state index in [1.54, 1.807) is 0 Å². The van der Waals surface area contributed by atoms with Gasteiger partial charge >= 0.3 is 0 Å². The molecule has 4 rings (SSSR count). The van der Waals surface area contributed by atoms with Crippen molar-refractivity contribution in [1.82, 2.24) is 9.80 Å². The molecule has 13 heavy (non-hydrogen) atoms. The maximum atomic E-state index is 11.8. The summed E-state index contributed by atoms with van der Waals surface area (Å²) in [6.45, 7) is 2.18. The summed E-state index contributed by atoms with van der Waals surface area (Å²) >= 11 is 0. The van der Waals surface area contributed by atoms with Crippen LogP contribution in [0, 0.1) is 5.92 Å². The molecule has 72 valence electrons. The van der Waals surface area contributed by atoms with Crippen LogP contribution < -0.4 is 0 Å². The van der Waals surface area contributed by atoms with Crippen LogP contribution in [0.5, 0.6) is 0 Å². The number of nitrogens with zero attached hydrogens (tertiary/aromatic N) is 2. The van der Waals surface area contributed by atoms with E-state index in [1.807, 2.05) is 0 Å². The molecule has 3 saturated heterocycles. The first-order valence-corrected chi connectivity index (χ1v) is 5.26. The fourth-order valence-electron chi connectivity index (χ4n) is 2.72. The molecule has 0 radical (unpaired) electrons. The van der Waals surface area contributed by atoms with Crippen LogP contribution in [0.4, 0.5) is 0 Å². The van der Waals surface area contributed by atoms with E-state index in [0.29, 0.717) is 23.9 Å². The molecule has 0 aromatic heterocycles. The second kappa shape index (κ2) is 2.47. The van der Waals surface area contributed by atoms with E-state index in [1.165, 1.54) is 6.42 Å². The Balaban J connectivity index is 1.70. The summed E-state index contributed by atoms with van der Waals surface area (Å²) in [6.07, 6.45) is 3.54. The summed E-state index contributed by atoms with van der Waals surface area (Å²) in [6, 6.07) is 1.11. The van der Waals surface area contributed by atoms with Gasteiger partial charge in [-0.2, -0.15) is 0 Å². The van der Waals surface area contributed by atoms with Crippen molar-refractivity contribution in [3.05, 3.63) is 0 Å². The van der Waals surface area contributed by atoms with Crippen molar-refractivity contribution in [1.29, 1.82) is 0 Å². The van der Waals surface area contributed by atoms with Crippen molar-refractivity contribution in [2.75, 3.05) is 20.1 Å². The minimum absolute atomic E-state index is 0.411. The third kappa shape index (κ3) is 1.10. The Bertz CT molecular complexity index is 237. The molecule has 4 fully saturated rings. The van der Waals surface area contributed by atoms with E-state index in [4.69, 9.17) is 0 Å². The average molecular weight is 180 g/mol. The fraction of sp³-hybridized carbons (Fsp3) is 0.900. The monoisotopic (exact) mass is 180 g/mol. The Morgan fingerprint density at radius 2 is 1.85 bits per heavy atom. The van der Waals surface area contributed by atoms with E-state index in [-0.39, 0.29) is 0 Å². The van der Waals surface area contributed by atoms with Crippen LogP contribution in [-0.4, -0.2) is 47.9 Å². The Hall–Kier alpha value is -0.570. The van der Waals surface area contributed by atoms with Crippen molar-refractivity contribution >= 4 is 5.91 Å². The quantitative estimate of drug-likeness (QED) is 0.580. The molecule has 2 unspecified atom stereocenters. The van der Waals surface area contributed by atoms with Gasteiger partial charge in [-0.3, -0.25) is 4.79 Å². The van der Waals surface area contributed by atoms with Crippen molar-refractivity contribution in [3.63, 3.8) is 0 Å². The molecule has 0 N–H and O–H groups in total. The van der Waals surface area contributed by atoms with Crippen molar-refractivity contribution in [2.24, 2.45) is 5.92 Å². The number of carbonyl (C=O) groups is 1. The summed E-state index contributed by atoms with van der Waals surface area (Å²) < 4.78 is 0. The van der Waals surface area contributed by atoms with Crippen molar-refractivity contribution in [3.8, 4) is 0 Å². The highest BCUT2D eigenvalue weighted by Gasteiger charge is 2.49. The lowest BCUT2D eigenvalue weighted by molar-refractivity contribution is -0.154. The predicted molar refractivity (Wildman–Crippen MR) is 49.3 cm³/mol. The predicted octanol–water partition coefficient (Wildman–Crippen LogP) is 0.311. The molecule has 2 atom stereocenters. The Morgan fingerprint density at radius 1 is 1.23 bits per heavy atom. The van der Waals surface area contributed by atoms with Gasteiger partial charge in [0.15, 0.2) is 0 Å². The molecule has 0 spiro atoms. The topological polar surface area (TPSA) is 23.6 Å². The van der Waals surface area contributed by atoms with Gasteiger partial charge in [-0.1, -0.05) is 0 Å². The summed E-state index contributed by atoms with van der Waals surface area (Å²) in [4.78, 5) is 16.3. The van der Waals surface area contributed by atoms with Gasteiger partial charge in [0, 0.05) is 31.1 Å². The second-order valence-electron chi connectivity index (χ2n) is 4.78. The number of hydrogen-bond donors (Lipinski definition) is 0. The Kier molecular flexibility index (Phi) is 1.48. The van der Waals surface area contributed by atoms with Crippen LogP contribution in [0.1, 0.15) is 19.3 Å². The highest BCUT2D eigenvalue weighted by atomic mass is 16.2. The van der Waals surface area contributed by atoms with E-state index >= 15 is 0 Å². The van der Waals surface area contributed by atoms with E-state index < -0.39 is 0 Å². The fourth-order valence-corrected chi connectivity index (χ4v) is 2.72. The number of hydrogen-bond acceptors (Lipinski definition) is 2. The Labute approximate surface area is 78.7 Å². The lowest BCUT2D eigenvalue weighted by Gasteiger charge is -2.55. The first-order valence-electron chi connectivity index (χ1n) is 5.26. The van der Waals surface area contributed by atoms with E-state index in [0.717, 1.165) is 25.9 Å². The van der Waals surface area contributed by atoms with Gasteiger partial charge in [-0.05, 0) is 26.3 Å². The first-order chi connectivity index (χ1) is 6.25. The molecule has 3 nitrogen and oxygen atoms in total. The second-order valence-corrected chi connectivity index (χ2v) is 4.78. The SMILES string of the molecule is CN1CC2CC(C1)N2C(=O)C1CC1. The summed E-state index contributed by atoms with van der Waals surface area (Å²) in [7, 11) is 2.15. The van der Waals surface area contributed by atoms with Gasteiger partial charge in [-0.25, -0.2) is 0 Å². The molecule has 1 aliphatic carbocycles. The first kappa shape index (κ1) is 7.80. The third-order valence-corrected chi connectivity index (χ3v) is 3.56. The van der Waals surface area contributed by atoms with Crippen LogP contribution in [0.15, 0.2) is 0 Å². The minimum atomic E-state index is 0.411. The summed E-state index contributed by atoms with van der Waals surface area (Å²) in [5.41, 5.74) is 0. The lowest BCUT2D eigenvalue weighted by atomic mass is 9.87. The van der Waals surface area contributed by atoms with Crippen molar-refractivity contribution in [2.45, 2.75) is 31.3 Å². The molecule has 1 amide bonds. The lowest BCUT2D eigenvalue weighted by Crippen LogP contribution is -2.69. The Morgan fingerprint density at radius 3 is 2.38 bits per heavy atom. The van der Waals surface area contributed by atoms with Crippen LogP contribution in [0.2, 0.25) is 0 Å². The van der Waals surface area contributed by atoms with Gasteiger partial charge in [-0.15, -0.1) is 0 Å². The van der Waals surface area contributed by atoms with Gasteiger partial charge in [0.2, 0.25) is 5.91 Å². The number of piperidine rings is 1. The van der Waals surface area contributed by atoms with Gasteiger partial charge < -0.3 is 9.80 Å². The molecule has 3 aliphatic heterocycles. The molecule has 3 heteroatoms. The van der Waals surface area contributed by atoms with E-state index in [2.05, 4.69) is 16.8 Å².